The van der Waals surface area contributed by atoms with Gasteiger partial charge in [0.1, 0.15) is 5.82 Å². The van der Waals surface area contributed by atoms with Crippen LogP contribution < -0.4 is 24.4 Å². The van der Waals surface area contributed by atoms with E-state index in [1.165, 1.54) is 21.3 Å². The number of anilines is 2. The van der Waals surface area contributed by atoms with E-state index < -0.39 is 0 Å². The number of carbonyl (C=O) groups excluding carboxylic acids is 1. The van der Waals surface area contributed by atoms with Crippen molar-refractivity contribution in [3.05, 3.63) is 30.1 Å². The van der Waals surface area contributed by atoms with E-state index in [0.29, 0.717) is 40.8 Å². The molecule has 0 bridgehead atoms. The van der Waals surface area contributed by atoms with Gasteiger partial charge in [-0.05, 0) is 30.9 Å². The van der Waals surface area contributed by atoms with Gasteiger partial charge in [0.05, 0.1) is 21.3 Å². The lowest BCUT2D eigenvalue weighted by Gasteiger charge is -2.30. The lowest BCUT2D eigenvalue weighted by atomic mass is 9.99. The number of nitrogens with zero attached hydrogens (tertiary/aromatic N) is 5. The van der Waals surface area contributed by atoms with Crippen molar-refractivity contribution in [1.29, 1.82) is 0 Å². The van der Waals surface area contributed by atoms with Gasteiger partial charge in [-0.25, -0.2) is 0 Å². The molecule has 176 valence electrons. The van der Waals surface area contributed by atoms with Crippen molar-refractivity contribution >= 4 is 23.1 Å². The van der Waals surface area contributed by atoms with Crippen LogP contribution in [-0.2, 0) is 11.2 Å². The number of fused-ring (bicyclic) bond motifs is 1. The second-order valence-electron chi connectivity index (χ2n) is 8.21. The van der Waals surface area contributed by atoms with Gasteiger partial charge in [0.25, 0.3) is 0 Å². The van der Waals surface area contributed by atoms with E-state index >= 15 is 0 Å². The molecule has 1 saturated heterocycles. The number of benzene rings is 1. The molecule has 1 N–H and O–H groups in total. The zero-order chi connectivity index (χ0) is 23.4. The number of ether oxygens (including phenoxy) is 3. The van der Waals surface area contributed by atoms with Gasteiger partial charge in [-0.2, -0.15) is 4.52 Å². The number of nitrogens with one attached hydrogen (secondary N) is 1. The van der Waals surface area contributed by atoms with Crippen molar-refractivity contribution in [2.24, 2.45) is 5.92 Å². The van der Waals surface area contributed by atoms with Crippen molar-refractivity contribution < 1.29 is 19.0 Å². The maximum absolute atomic E-state index is 12.6. The normalized spacial score (nSPS) is 14.4. The molecule has 0 unspecified atom stereocenters. The highest BCUT2D eigenvalue weighted by molar-refractivity contribution is 5.91. The number of methoxy groups -OCH3 is 3. The standard InChI is InChI=1S/C23H30N6O4/c1-15-9-11-28(12-10-15)21-6-5-19-25-26-20(29(19)27-21)7-8-22(30)24-16-13-17(31-2)23(33-4)18(14-16)32-3/h5-6,13-15H,7-12H2,1-4H3,(H,24,30). The number of aromatic nitrogens is 4. The van der Waals surface area contributed by atoms with Crippen LogP contribution in [0.4, 0.5) is 11.5 Å². The van der Waals surface area contributed by atoms with E-state index in [2.05, 4.69) is 27.3 Å². The van der Waals surface area contributed by atoms with Gasteiger partial charge in [-0.1, -0.05) is 6.92 Å². The third-order valence-corrected chi connectivity index (χ3v) is 5.95. The Morgan fingerprint density at radius 3 is 2.39 bits per heavy atom. The summed E-state index contributed by atoms with van der Waals surface area (Å²) in [6, 6.07) is 7.30. The number of amides is 1. The minimum Gasteiger partial charge on any atom is -0.493 e. The van der Waals surface area contributed by atoms with Crippen molar-refractivity contribution in [1.82, 2.24) is 19.8 Å². The highest BCUT2D eigenvalue weighted by Gasteiger charge is 2.19. The number of hydrogen-bond donors (Lipinski definition) is 1. The summed E-state index contributed by atoms with van der Waals surface area (Å²) in [5.74, 6) is 3.56. The average Bonchev–Trinajstić information content (AvgIpc) is 3.24. The molecule has 1 fully saturated rings. The molecular formula is C23H30N6O4. The molecule has 0 saturated carbocycles. The molecule has 3 aromatic rings. The average molecular weight is 455 g/mol. The van der Waals surface area contributed by atoms with Crippen LogP contribution in [0.1, 0.15) is 32.0 Å². The first kappa shape index (κ1) is 22.6. The third kappa shape index (κ3) is 4.94. The first-order valence-electron chi connectivity index (χ1n) is 11.1. The van der Waals surface area contributed by atoms with E-state index in [4.69, 9.17) is 19.3 Å². The molecule has 4 rings (SSSR count). The highest BCUT2D eigenvalue weighted by atomic mass is 16.5. The van der Waals surface area contributed by atoms with Crippen LogP contribution in [0.2, 0.25) is 0 Å². The van der Waals surface area contributed by atoms with Crippen LogP contribution in [0.25, 0.3) is 5.65 Å². The summed E-state index contributed by atoms with van der Waals surface area (Å²) in [7, 11) is 4.60. The smallest absolute Gasteiger partial charge is 0.224 e. The Morgan fingerprint density at radius 1 is 1.06 bits per heavy atom. The predicted molar refractivity (Wildman–Crippen MR) is 124 cm³/mol. The van der Waals surface area contributed by atoms with Crippen LogP contribution in [-0.4, -0.2) is 60.1 Å². The highest BCUT2D eigenvalue weighted by Crippen LogP contribution is 2.40. The monoisotopic (exact) mass is 454 g/mol. The van der Waals surface area contributed by atoms with Crippen LogP contribution in [0, 0.1) is 5.92 Å². The van der Waals surface area contributed by atoms with Crippen molar-refractivity contribution in [3.63, 3.8) is 0 Å². The Bertz CT molecular complexity index is 1100. The van der Waals surface area contributed by atoms with Crippen molar-refractivity contribution in [2.45, 2.75) is 32.6 Å². The van der Waals surface area contributed by atoms with E-state index in [1.807, 2.05) is 12.1 Å². The Morgan fingerprint density at radius 2 is 1.76 bits per heavy atom. The summed E-state index contributed by atoms with van der Waals surface area (Å²) < 4.78 is 17.7. The number of rotatable bonds is 8. The summed E-state index contributed by atoms with van der Waals surface area (Å²) >= 11 is 0. The van der Waals surface area contributed by atoms with E-state index in [0.717, 1.165) is 37.7 Å². The fraction of sp³-hybridized carbons (Fsp3) is 0.478. The molecule has 3 heterocycles. The van der Waals surface area contributed by atoms with Gasteiger partial charge in [0, 0.05) is 43.8 Å². The fourth-order valence-electron chi connectivity index (χ4n) is 3.99. The summed E-state index contributed by atoms with van der Waals surface area (Å²) in [5, 5.41) is 16.1. The van der Waals surface area contributed by atoms with Crippen molar-refractivity contribution in [3.8, 4) is 17.2 Å². The first-order valence-corrected chi connectivity index (χ1v) is 11.1. The molecule has 0 atom stereocenters. The lowest BCUT2D eigenvalue weighted by molar-refractivity contribution is -0.116. The topological polar surface area (TPSA) is 103 Å². The van der Waals surface area contributed by atoms with Crippen LogP contribution in [0.15, 0.2) is 24.3 Å². The number of piperidine rings is 1. The van der Waals surface area contributed by atoms with Crippen molar-refractivity contribution in [2.75, 3.05) is 44.6 Å². The van der Waals surface area contributed by atoms with Gasteiger partial charge >= 0.3 is 0 Å². The van der Waals surface area contributed by atoms with Crippen LogP contribution in [0.5, 0.6) is 17.2 Å². The molecule has 33 heavy (non-hydrogen) atoms. The number of hydrogen-bond acceptors (Lipinski definition) is 8. The molecule has 10 nitrogen and oxygen atoms in total. The number of carbonyl (C=O) groups is 1. The lowest BCUT2D eigenvalue weighted by Crippen LogP contribution is -2.33. The van der Waals surface area contributed by atoms with Gasteiger partial charge < -0.3 is 24.4 Å². The largest absolute Gasteiger partial charge is 0.493 e. The predicted octanol–water partition coefficient (Wildman–Crippen LogP) is 2.96. The Balaban J connectivity index is 1.44. The SMILES string of the molecule is COc1cc(NC(=O)CCc2nnc3ccc(N4CCC(C)CC4)nn23)cc(OC)c1OC. The molecule has 1 aliphatic rings. The maximum Gasteiger partial charge on any atom is 0.224 e. The van der Waals surface area contributed by atoms with E-state index in [1.54, 1.807) is 16.6 Å². The summed E-state index contributed by atoms with van der Waals surface area (Å²) in [4.78, 5) is 14.9. The van der Waals surface area contributed by atoms with Crippen LogP contribution in [0.3, 0.4) is 0 Å². The minimum absolute atomic E-state index is 0.165. The van der Waals surface area contributed by atoms with Gasteiger partial charge in [-0.3, -0.25) is 4.79 Å². The third-order valence-electron chi connectivity index (χ3n) is 5.95. The Hall–Kier alpha value is -3.56. The van der Waals surface area contributed by atoms with Gasteiger partial charge in [0.2, 0.25) is 11.7 Å². The first-order chi connectivity index (χ1) is 16.0. The fourth-order valence-corrected chi connectivity index (χ4v) is 3.99. The minimum atomic E-state index is -0.165. The molecule has 1 aromatic carbocycles. The molecule has 0 spiro atoms. The maximum atomic E-state index is 12.6. The molecule has 10 heteroatoms. The summed E-state index contributed by atoms with van der Waals surface area (Å²) in [5.41, 5.74) is 1.23. The van der Waals surface area contributed by atoms with Gasteiger partial charge in [-0.15, -0.1) is 15.3 Å². The molecule has 1 aliphatic heterocycles. The van der Waals surface area contributed by atoms with Gasteiger partial charge in [0.15, 0.2) is 23.0 Å². The second kappa shape index (κ2) is 9.93. The Kier molecular flexibility index (Phi) is 6.81. The molecule has 0 aliphatic carbocycles. The molecular weight excluding hydrogens is 424 g/mol. The quantitative estimate of drug-likeness (QED) is 0.554. The molecule has 2 aromatic heterocycles. The van der Waals surface area contributed by atoms with E-state index in [-0.39, 0.29) is 12.3 Å². The van der Waals surface area contributed by atoms with E-state index in [9.17, 15) is 4.79 Å². The Labute approximate surface area is 192 Å². The molecule has 0 radical (unpaired) electrons. The molecule has 1 amide bonds. The zero-order valence-electron chi connectivity index (χ0n) is 19.5. The summed E-state index contributed by atoms with van der Waals surface area (Å²) in [6.45, 7) is 4.28. The summed E-state index contributed by atoms with van der Waals surface area (Å²) in [6.07, 6.45) is 2.96. The van der Waals surface area contributed by atoms with Crippen LogP contribution >= 0.6 is 0 Å². The second-order valence-corrected chi connectivity index (χ2v) is 8.21. The number of aryl methyl sites for hydroxylation is 1. The zero-order valence-corrected chi connectivity index (χ0v) is 19.5.